The largest absolute Gasteiger partial charge is 0.390 e. The number of hydrogen-bond donors (Lipinski definition) is 3. The number of benzene rings is 3. The lowest BCUT2D eigenvalue weighted by Crippen LogP contribution is -2.25. The summed E-state index contributed by atoms with van der Waals surface area (Å²) in [6, 6.07) is 23.0. The van der Waals surface area contributed by atoms with Crippen LogP contribution in [-0.2, 0) is 24.3 Å². The molecule has 0 bridgehead atoms. The van der Waals surface area contributed by atoms with E-state index in [-0.39, 0.29) is 18.3 Å². The predicted molar refractivity (Wildman–Crippen MR) is 146 cm³/mol. The molecule has 6 nitrogen and oxygen atoms in total. The number of rotatable bonds is 9. The van der Waals surface area contributed by atoms with Gasteiger partial charge in [-0.25, -0.2) is 4.39 Å². The van der Waals surface area contributed by atoms with E-state index in [0.717, 1.165) is 29.4 Å². The number of nitrogens with one attached hydrogen (secondary N) is 2. The zero-order valence-electron chi connectivity index (χ0n) is 21.2. The SMILES string of the molecule is C=C/C(=C\N(C)Cc1ccc(Cc2cccc(C#N)c2)cc1)C(=O)NCc1ccc(C)c(F)c1.N=CN. The van der Waals surface area contributed by atoms with Gasteiger partial charge in [-0.1, -0.05) is 61.2 Å². The van der Waals surface area contributed by atoms with Crippen molar-refractivity contribution in [2.75, 3.05) is 7.05 Å². The molecule has 0 spiro atoms. The van der Waals surface area contributed by atoms with Gasteiger partial charge in [-0.15, -0.1) is 0 Å². The van der Waals surface area contributed by atoms with E-state index in [0.29, 0.717) is 28.8 Å². The van der Waals surface area contributed by atoms with Crippen molar-refractivity contribution in [3.8, 4) is 6.07 Å². The summed E-state index contributed by atoms with van der Waals surface area (Å²) in [7, 11) is 1.90. The molecule has 37 heavy (non-hydrogen) atoms. The van der Waals surface area contributed by atoms with Crippen LogP contribution in [0.5, 0.6) is 0 Å². The highest BCUT2D eigenvalue weighted by Gasteiger charge is 2.09. The smallest absolute Gasteiger partial charge is 0.252 e. The summed E-state index contributed by atoms with van der Waals surface area (Å²) >= 11 is 0. The number of aryl methyl sites for hydroxylation is 1. The number of halogens is 1. The molecule has 3 aromatic rings. The van der Waals surface area contributed by atoms with Gasteiger partial charge in [-0.2, -0.15) is 5.26 Å². The monoisotopic (exact) mass is 497 g/mol. The zero-order chi connectivity index (χ0) is 27.2. The Morgan fingerprint density at radius 2 is 1.76 bits per heavy atom. The standard InChI is InChI=1S/C29H28FN3O.CH4N2/c1-4-27(29(34)32-18-26-9-8-21(2)28(30)16-26)20-33(3)19-23-12-10-22(11-13-23)14-24-6-5-7-25(15-24)17-31;2-1-3/h4-13,15-16,20H,1,14,18-19H2,2-3H3,(H,32,34);1H,(H3,2,3)/b27-20+;. The number of hydrogen-bond acceptors (Lipinski definition) is 4. The van der Waals surface area contributed by atoms with Crippen molar-refractivity contribution in [1.82, 2.24) is 10.2 Å². The summed E-state index contributed by atoms with van der Waals surface area (Å²) in [6.07, 6.45) is 4.77. The first-order valence-corrected chi connectivity index (χ1v) is 11.6. The molecule has 3 aromatic carbocycles. The van der Waals surface area contributed by atoms with Crippen LogP contribution in [0.2, 0.25) is 0 Å². The third-order valence-corrected chi connectivity index (χ3v) is 5.45. The topological polar surface area (TPSA) is 106 Å². The third kappa shape index (κ3) is 9.46. The number of nitrogens with zero attached hydrogens (tertiary/aromatic N) is 2. The normalized spacial score (nSPS) is 10.4. The molecule has 4 N–H and O–H groups in total. The van der Waals surface area contributed by atoms with Crippen LogP contribution >= 0.6 is 0 Å². The van der Waals surface area contributed by atoms with E-state index in [2.05, 4.69) is 48.0 Å². The summed E-state index contributed by atoms with van der Waals surface area (Å²) in [5, 5.41) is 17.7. The Labute approximate surface area is 218 Å². The van der Waals surface area contributed by atoms with Crippen LogP contribution in [0, 0.1) is 29.5 Å². The fraction of sp³-hybridized carbons (Fsp3) is 0.167. The minimum absolute atomic E-state index is 0.240. The molecule has 1 amide bonds. The van der Waals surface area contributed by atoms with Crippen LogP contribution in [0.25, 0.3) is 0 Å². The number of carbonyl (C=O) groups excluding carboxylic acids is 1. The Hall–Kier alpha value is -4.70. The first kappa shape index (κ1) is 28.5. The van der Waals surface area contributed by atoms with E-state index in [1.165, 1.54) is 12.1 Å². The molecule has 0 aromatic heterocycles. The van der Waals surface area contributed by atoms with E-state index in [9.17, 15) is 9.18 Å². The van der Waals surface area contributed by atoms with Crippen LogP contribution in [0.15, 0.2) is 91.2 Å². The third-order valence-electron chi connectivity index (χ3n) is 5.45. The maximum absolute atomic E-state index is 13.7. The second kappa shape index (κ2) is 14.6. The minimum Gasteiger partial charge on any atom is -0.390 e. The number of amides is 1. The van der Waals surface area contributed by atoms with Crippen molar-refractivity contribution in [3.05, 3.63) is 130 Å². The Kier molecular flexibility index (Phi) is 11.3. The van der Waals surface area contributed by atoms with Crippen LogP contribution < -0.4 is 11.1 Å². The fourth-order valence-electron chi connectivity index (χ4n) is 3.55. The van der Waals surface area contributed by atoms with Gasteiger partial charge in [0.1, 0.15) is 5.82 Å². The summed E-state index contributed by atoms with van der Waals surface area (Å²) in [5.74, 6) is -0.551. The van der Waals surface area contributed by atoms with Crippen LogP contribution in [0.1, 0.15) is 33.4 Å². The average molecular weight is 498 g/mol. The summed E-state index contributed by atoms with van der Waals surface area (Å²) in [5.41, 5.74) is 10.1. The second-order valence-electron chi connectivity index (χ2n) is 8.44. The van der Waals surface area contributed by atoms with Gasteiger partial charge in [0.05, 0.1) is 23.5 Å². The molecule has 0 saturated heterocycles. The number of carbonyl (C=O) groups is 1. The minimum atomic E-state index is -0.285. The maximum Gasteiger partial charge on any atom is 0.252 e. The van der Waals surface area contributed by atoms with E-state index >= 15 is 0 Å². The molecule has 0 aliphatic heterocycles. The molecular weight excluding hydrogens is 465 g/mol. The lowest BCUT2D eigenvalue weighted by atomic mass is 10.0. The Morgan fingerprint density at radius 3 is 2.38 bits per heavy atom. The van der Waals surface area contributed by atoms with Crippen molar-refractivity contribution in [2.45, 2.75) is 26.4 Å². The van der Waals surface area contributed by atoms with E-state index in [1.54, 1.807) is 31.3 Å². The van der Waals surface area contributed by atoms with Crippen molar-refractivity contribution >= 4 is 12.2 Å². The molecule has 0 atom stereocenters. The van der Waals surface area contributed by atoms with Crippen molar-refractivity contribution in [3.63, 3.8) is 0 Å². The molecular formula is C30H32FN5O. The summed E-state index contributed by atoms with van der Waals surface area (Å²) in [6.45, 7) is 6.32. The highest BCUT2D eigenvalue weighted by atomic mass is 19.1. The molecule has 0 unspecified atom stereocenters. The quantitative estimate of drug-likeness (QED) is 0.168. The lowest BCUT2D eigenvalue weighted by Gasteiger charge is -2.16. The molecule has 7 heteroatoms. The lowest BCUT2D eigenvalue weighted by molar-refractivity contribution is -0.117. The van der Waals surface area contributed by atoms with Crippen LogP contribution in [0.4, 0.5) is 4.39 Å². The molecule has 0 fully saturated rings. The van der Waals surface area contributed by atoms with Crippen molar-refractivity contribution in [1.29, 1.82) is 10.7 Å². The van der Waals surface area contributed by atoms with Gasteiger partial charge in [0.15, 0.2) is 0 Å². The fourth-order valence-corrected chi connectivity index (χ4v) is 3.55. The summed E-state index contributed by atoms with van der Waals surface area (Å²) < 4.78 is 13.7. The number of nitrogens with two attached hydrogens (primary N) is 1. The van der Waals surface area contributed by atoms with E-state index in [1.807, 2.05) is 30.1 Å². The first-order valence-electron chi connectivity index (χ1n) is 11.6. The molecule has 0 aliphatic carbocycles. The van der Waals surface area contributed by atoms with Crippen LogP contribution in [-0.4, -0.2) is 24.2 Å². The Balaban J connectivity index is 0.00000153. The Morgan fingerprint density at radius 1 is 1.11 bits per heavy atom. The van der Waals surface area contributed by atoms with Crippen molar-refractivity contribution < 1.29 is 9.18 Å². The first-order chi connectivity index (χ1) is 17.8. The van der Waals surface area contributed by atoms with Gasteiger partial charge in [-0.05, 0) is 59.4 Å². The van der Waals surface area contributed by atoms with Gasteiger partial charge < -0.3 is 16.0 Å². The highest BCUT2D eigenvalue weighted by molar-refractivity contribution is 5.95. The number of nitriles is 1. The highest BCUT2D eigenvalue weighted by Crippen LogP contribution is 2.14. The predicted octanol–water partition coefficient (Wildman–Crippen LogP) is 4.97. The zero-order valence-corrected chi connectivity index (χ0v) is 21.2. The average Bonchev–Trinajstić information content (AvgIpc) is 2.89. The Bertz CT molecular complexity index is 1290. The maximum atomic E-state index is 13.7. The molecule has 3 rings (SSSR count). The molecule has 0 radical (unpaired) electrons. The van der Waals surface area contributed by atoms with E-state index < -0.39 is 0 Å². The van der Waals surface area contributed by atoms with Crippen molar-refractivity contribution in [2.24, 2.45) is 5.73 Å². The molecule has 0 heterocycles. The van der Waals surface area contributed by atoms with Gasteiger partial charge in [-0.3, -0.25) is 10.2 Å². The van der Waals surface area contributed by atoms with Gasteiger partial charge in [0.2, 0.25) is 0 Å². The summed E-state index contributed by atoms with van der Waals surface area (Å²) in [4.78, 5) is 14.5. The van der Waals surface area contributed by atoms with E-state index in [4.69, 9.17) is 10.7 Å². The molecule has 0 saturated carbocycles. The van der Waals surface area contributed by atoms with Gasteiger partial charge in [0.25, 0.3) is 5.91 Å². The second-order valence-corrected chi connectivity index (χ2v) is 8.44. The molecule has 190 valence electrons. The van der Waals surface area contributed by atoms with Gasteiger partial charge in [0, 0.05) is 26.3 Å². The van der Waals surface area contributed by atoms with Crippen LogP contribution in [0.3, 0.4) is 0 Å². The van der Waals surface area contributed by atoms with Gasteiger partial charge >= 0.3 is 0 Å². The molecule has 0 aliphatic rings.